The number of amides is 1. The number of aryl methyl sites for hydroxylation is 2. The lowest BCUT2D eigenvalue weighted by Gasteiger charge is -2.35. The summed E-state index contributed by atoms with van der Waals surface area (Å²) in [7, 11) is 0. The minimum Gasteiger partial charge on any atom is -0.319 e. The van der Waals surface area contributed by atoms with Crippen LogP contribution in [0.25, 0.3) is 11.0 Å². The topological polar surface area (TPSA) is 76.0 Å². The molecule has 150 valence electrons. The minimum atomic E-state index is -5.00. The van der Waals surface area contributed by atoms with E-state index in [0.717, 1.165) is 15.7 Å². The van der Waals surface area contributed by atoms with Gasteiger partial charge in [0.05, 0.1) is 17.5 Å². The molecule has 0 aliphatic carbocycles. The summed E-state index contributed by atoms with van der Waals surface area (Å²) in [5.41, 5.74) is -0.842. The Morgan fingerprint density at radius 2 is 1.89 bits per heavy atom. The number of benzene rings is 1. The SMILES string of the molecule is Cc1cc2nc3n(c2cc1C)C(NC(=O)C1CCNCC1)(C(F)(F)F)C(=O)C3. The molecule has 1 aromatic carbocycles. The third-order valence-corrected chi connectivity index (χ3v) is 5.82. The Labute approximate surface area is 159 Å². The predicted molar refractivity (Wildman–Crippen MR) is 95.7 cm³/mol. The van der Waals surface area contributed by atoms with Crippen LogP contribution >= 0.6 is 0 Å². The first-order valence-electron chi connectivity index (χ1n) is 9.27. The number of hydrogen-bond acceptors (Lipinski definition) is 4. The summed E-state index contributed by atoms with van der Waals surface area (Å²) < 4.78 is 44.0. The van der Waals surface area contributed by atoms with E-state index in [1.54, 1.807) is 19.1 Å². The Bertz CT molecular complexity index is 976. The maximum absolute atomic E-state index is 14.4. The number of alkyl halides is 3. The van der Waals surface area contributed by atoms with Gasteiger partial charge in [0, 0.05) is 5.92 Å². The fourth-order valence-corrected chi connectivity index (χ4v) is 4.12. The summed E-state index contributed by atoms with van der Waals surface area (Å²) in [5.74, 6) is -2.39. The second kappa shape index (κ2) is 6.30. The van der Waals surface area contributed by atoms with Gasteiger partial charge in [-0.25, -0.2) is 4.98 Å². The van der Waals surface area contributed by atoms with Gasteiger partial charge in [-0.05, 0) is 63.0 Å². The van der Waals surface area contributed by atoms with Crippen LogP contribution in [0.15, 0.2) is 12.1 Å². The molecule has 28 heavy (non-hydrogen) atoms. The van der Waals surface area contributed by atoms with Crippen molar-refractivity contribution >= 4 is 22.7 Å². The molecule has 3 heterocycles. The van der Waals surface area contributed by atoms with Crippen LogP contribution in [0.4, 0.5) is 13.2 Å². The van der Waals surface area contributed by atoms with Gasteiger partial charge in [0.15, 0.2) is 5.78 Å². The molecule has 2 N–H and O–H groups in total. The second-order valence-corrected chi connectivity index (χ2v) is 7.61. The lowest BCUT2D eigenvalue weighted by molar-refractivity contribution is -0.219. The van der Waals surface area contributed by atoms with Gasteiger partial charge in [-0.2, -0.15) is 13.2 Å². The van der Waals surface area contributed by atoms with Crippen LogP contribution in [0.1, 0.15) is 29.8 Å². The standard InChI is InChI=1S/C19H21F3N4O2/c1-10-7-13-14(8-11(10)2)26-16(24-13)9-15(27)18(26,19(20,21)22)25-17(28)12-3-5-23-6-4-12/h7-8,12,23H,3-6,9H2,1-2H3,(H,25,28). The van der Waals surface area contributed by atoms with Gasteiger partial charge in [-0.15, -0.1) is 0 Å². The third-order valence-electron chi connectivity index (χ3n) is 5.82. The molecular formula is C19H21F3N4O2. The number of piperidine rings is 1. The average Bonchev–Trinajstić information content (AvgIpc) is 3.10. The van der Waals surface area contributed by atoms with Gasteiger partial charge < -0.3 is 10.6 Å². The Morgan fingerprint density at radius 1 is 1.25 bits per heavy atom. The molecule has 1 fully saturated rings. The number of ketones is 1. The van der Waals surface area contributed by atoms with Crippen LogP contribution in [0.3, 0.4) is 0 Å². The molecule has 2 aromatic rings. The van der Waals surface area contributed by atoms with Crippen molar-refractivity contribution in [1.82, 2.24) is 20.2 Å². The van der Waals surface area contributed by atoms with E-state index >= 15 is 0 Å². The molecule has 1 amide bonds. The number of carbonyl (C=O) groups excluding carboxylic acids is 2. The van der Waals surface area contributed by atoms with E-state index in [2.05, 4.69) is 15.6 Å². The van der Waals surface area contributed by atoms with Crippen molar-refractivity contribution < 1.29 is 22.8 Å². The highest BCUT2D eigenvalue weighted by Gasteiger charge is 2.67. The molecule has 2 aliphatic heterocycles. The van der Waals surface area contributed by atoms with Crippen molar-refractivity contribution in [1.29, 1.82) is 0 Å². The van der Waals surface area contributed by atoms with E-state index in [0.29, 0.717) is 31.4 Å². The van der Waals surface area contributed by atoms with E-state index in [1.807, 2.05) is 6.92 Å². The van der Waals surface area contributed by atoms with Crippen LogP contribution in [-0.2, 0) is 21.7 Å². The normalized spacial score (nSPS) is 23.2. The minimum absolute atomic E-state index is 0.0212. The number of imidazole rings is 1. The van der Waals surface area contributed by atoms with E-state index in [-0.39, 0.29) is 11.3 Å². The van der Waals surface area contributed by atoms with Crippen LogP contribution in [0.5, 0.6) is 0 Å². The fourth-order valence-electron chi connectivity index (χ4n) is 4.12. The average molecular weight is 394 g/mol. The maximum atomic E-state index is 14.4. The number of carbonyl (C=O) groups is 2. The molecule has 6 nitrogen and oxygen atoms in total. The first-order chi connectivity index (χ1) is 13.1. The molecule has 0 spiro atoms. The predicted octanol–water partition coefficient (Wildman–Crippen LogP) is 2.11. The lowest BCUT2D eigenvalue weighted by Crippen LogP contribution is -2.64. The van der Waals surface area contributed by atoms with Crippen molar-refractivity contribution in [3.05, 3.63) is 29.1 Å². The summed E-state index contributed by atoms with van der Waals surface area (Å²) in [4.78, 5) is 29.6. The van der Waals surface area contributed by atoms with Crippen LogP contribution in [0.2, 0.25) is 0 Å². The molecule has 0 radical (unpaired) electrons. The summed E-state index contributed by atoms with van der Waals surface area (Å²) in [6.45, 7) is 4.75. The van der Waals surface area contributed by atoms with E-state index in [1.165, 1.54) is 0 Å². The highest BCUT2D eigenvalue weighted by Crippen LogP contribution is 2.44. The molecule has 1 saturated heterocycles. The highest BCUT2D eigenvalue weighted by atomic mass is 19.4. The summed E-state index contributed by atoms with van der Waals surface area (Å²) in [6, 6.07) is 3.30. The van der Waals surface area contributed by atoms with Gasteiger partial charge in [0.25, 0.3) is 5.66 Å². The number of halogens is 3. The maximum Gasteiger partial charge on any atom is 0.438 e. The van der Waals surface area contributed by atoms with Crippen molar-refractivity contribution in [2.75, 3.05) is 13.1 Å². The Balaban J connectivity index is 1.87. The van der Waals surface area contributed by atoms with E-state index in [9.17, 15) is 22.8 Å². The summed E-state index contributed by atoms with van der Waals surface area (Å²) >= 11 is 0. The molecule has 0 saturated carbocycles. The highest BCUT2D eigenvalue weighted by molar-refractivity contribution is 5.98. The van der Waals surface area contributed by atoms with Crippen molar-refractivity contribution in [3.63, 3.8) is 0 Å². The quantitative estimate of drug-likeness (QED) is 0.818. The van der Waals surface area contributed by atoms with Crippen molar-refractivity contribution in [2.24, 2.45) is 5.92 Å². The molecular weight excluding hydrogens is 373 g/mol. The van der Waals surface area contributed by atoms with Crippen LogP contribution in [0, 0.1) is 19.8 Å². The van der Waals surface area contributed by atoms with Gasteiger partial charge in [-0.3, -0.25) is 14.2 Å². The first-order valence-corrected chi connectivity index (χ1v) is 9.27. The van der Waals surface area contributed by atoms with Gasteiger partial charge >= 0.3 is 6.18 Å². The fraction of sp³-hybridized carbons (Fsp3) is 0.526. The first kappa shape index (κ1) is 18.9. The number of hydrogen-bond donors (Lipinski definition) is 2. The number of Topliss-reactive ketones (excluding diaryl/α,β-unsaturated/α-hetero) is 1. The van der Waals surface area contributed by atoms with Gasteiger partial charge in [0.1, 0.15) is 5.82 Å². The van der Waals surface area contributed by atoms with Crippen molar-refractivity contribution in [2.45, 2.75) is 44.9 Å². The molecule has 1 aromatic heterocycles. The number of fused-ring (bicyclic) bond motifs is 3. The zero-order valence-corrected chi connectivity index (χ0v) is 15.6. The zero-order valence-electron chi connectivity index (χ0n) is 15.6. The van der Waals surface area contributed by atoms with Gasteiger partial charge in [-0.1, -0.05) is 0 Å². The zero-order chi connectivity index (χ0) is 20.3. The summed E-state index contributed by atoms with van der Waals surface area (Å²) in [6.07, 6.45) is -4.60. The molecule has 1 atom stereocenters. The Morgan fingerprint density at radius 3 is 2.54 bits per heavy atom. The Kier molecular flexibility index (Phi) is 4.26. The third kappa shape index (κ3) is 2.63. The molecule has 9 heteroatoms. The van der Waals surface area contributed by atoms with Crippen LogP contribution in [-0.4, -0.2) is 40.5 Å². The van der Waals surface area contributed by atoms with E-state index < -0.39 is 35.9 Å². The number of nitrogens with one attached hydrogen (secondary N) is 2. The number of rotatable bonds is 2. The number of nitrogens with zero attached hydrogens (tertiary/aromatic N) is 2. The van der Waals surface area contributed by atoms with Crippen molar-refractivity contribution in [3.8, 4) is 0 Å². The molecule has 0 bridgehead atoms. The van der Waals surface area contributed by atoms with Gasteiger partial charge in [0.2, 0.25) is 5.91 Å². The second-order valence-electron chi connectivity index (χ2n) is 7.61. The summed E-state index contributed by atoms with van der Waals surface area (Å²) in [5, 5.41) is 5.18. The van der Waals surface area contributed by atoms with E-state index in [4.69, 9.17) is 0 Å². The molecule has 4 rings (SSSR count). The smallest absolute Gasteiger partial charge is 0.319 e. The number of aromatic nitrogens is 2. The van der Waals surface area contributed by atoms with Crippen LogP contribution < -0.4 is 10.6 Å². The monoisotopic (exact) mass is 394 g/mol. The largest absolute Gasteiger partial charge is 0.438 e. The molecule has 2 aliphatic rings. The lowest BCUT2D eigenvalue weighted by atomic mass is 9.95. The Hall–Kier alpha value is -2.42. The molecule has 1 unspecified atom stereocenters.